The highest BCUT2D eigenvalue weighted by Gasteiger charge is 2.19. The van der Waals surface area contributed by atoms with Crippen LogP contribution in [0.4, 0.5) is 0 Å². The lowest BCUT2D eigenvalue weighted by Gasteiger charge is -2.18. The van der Waals surface area contributed by atoms with Gasteiger partial charge in [-0.3, -0.25) is 14.4 Å². The maximum atomic E-state index is 13.0. The molecule has 0 rings (SSSR count). The Hall–Kier alpha value is -2.89. The van der Waals surface area contributed by atoms with Crippen molar-refractivity contribution in [3.8, 4) is 0 Å². The normalized spacial score (nSPS) is 12.4. The molecule has 0 N–H and O–H groups in total. The van der Waals surface area contributed by atoms with Crippen LogP contribution >= 0.6 is 0 Å². The number of carbonyl (C=O) groups excluding carboxylic acids is 3. The van der Waals surface area contributed by atoms with Gasteiger partial charge in [-0.25, -0.2) is 0 Å². The smallest absolute Gasteiger partial charge is 0.306 e. The number of rotatable bonds is 68. The van der Waals surface area contributed by atoms with Gasteiger partial charge in [0, 0.05) is 19.3 Å². The van der Waals surface area contributed by atoms with Crippen LogP contribution in [0.3, 0.4) is 0 Å². The highest BCUT2D eigenvalue weighted by Crippen LogP contribution is 2.18. The molecule has 0 aliphatic heterocycles. The first-order chi connectivity index (χ1) is 41.0. The number of unbranched alkanes of at least 4 members (excludes halogenated alkanes) is 47. The molecule has 484 valence electrons. The first-order valence-electron chi connectivity index (χ1n) is 36.8. The maximum Gasteiger partial charge on any atom is 0.306 e. The summed E-state index contributed by atoms with van der Waals surface area (Å²) in [5, 5.41) is 0. The van der Waals surface area contributed by atoms with Crippen LogP contribution in [0.5, 0.6) is 0 Å². The summed E-state index contributed by atoms with van der Waals surface area (Å²) in [5.74, 6) is -0.845. The molecule has 0 fully saturated rings. The van der Waals surface area contributed by atoms with Gasteiger partial charge in [0.05, 0.1) is 0 Å². The molecule has 0 amide bonds. The molecule has 0 radical (unpaired) electrons. The number of ether oxygens (including phenoxy) is 3. The van der Waals surface area contributed by atoms with Gasteiger partial charge in [-0.05, 0) is 83.5 Å². The van der Waals surface area contributed by atoms with E-state index in [0.29, 0.717) is 19.3 Å². The maximum absolute atomic E-state index is 13.0. The fraction of sp³-hybridized carbons (Fsp3) is 0.831. The minimum atomic E-state index is -0.776. The predicted molar refractivity (Wildman–Crippen MR) is 362 cm³/mol. The molecule has 83 heavy (non-hydrogen) atoms. The van der Waals surface area contributed by atoms with Gasteiger partial charge < -0.3 is 14.2 Å². The van der Waals surface area contributed by atoms with Crippen molar-refractivity contribution >= 4 is 17.9 Å². The summed E-state index contributed by atoms with van der Waals surface area (Å²) >= 11 is 0. The minimum Gasteiger partial charge on any atom is -0.462 e. The predicted octanol–water partition coefficient (Wildman–Crippen LogP) is 25.5. The average Bonchev–Trinajstić information content (AvgIpc) is 3.50. The molecule has 0 saturated carbocycles. The van der Waals surface area contributed by atoms with E-state index in [1.807, 2.05) is 0 Å². The van der Waals surface area contributed by atoms with Crippen LogP contribution in [0.15, 0.2) is 60.8 Å². The van der Waals surface area contributed by atoms with Gasteiger partial charge in [0.2, 0.25) is 0 Å². The van der Waals surface area contributed by atoms with Crippen LogP contribution in [0.2, 0.25) is 0 Å². The number of carbonyl (C=O) groups is 3. The standard InChI is InChI=1S/C77H140O6/c1-4-7-10-13-16-19-22-25-28-31-34-36-37-38-39-41-43-46-49-52-55-58-61-64-67-70-76(79)82-73-74(72-81-75(78)69-66-63-60-57-54-51-48-45-42-33-30-27-24-21-18-15-12-9-6-3)83-77(80)71-68-65-62-59-56-53-50-47-44-40-35-32-29-26-23-20-17-14-11-8-5-2/h7,10,16,19,25,28,32,34-36,74H,4-6,8-9,11-15,17-18,20-24,26-27,29-31,33,37-73H2,1-3H3/b10-7-,19-16-,28-25-,35-32-,36-34-. The zero-order valence-corrected chi connectivity index (χ0v) is 55.7. The summed E-state index contributed by atoms with van der Waals surface area (Å²) in [6.45, 7) is 6.60. The summed E-state index contributed by atoms with van der Waals surface area (Å²) in [4.78, 5) is 38.6. The van der Waals surface area contributed by atoms with E-state index in [1.165, 1.54) is 270 Å². The average molecular weight is 1160 g/mol. The Bertz CT molecular complexity index is 1470. The number of hydrogen-bond acceptors (Lipinski definition) is 6. The zero-order chi connectivity index (χ0) is 59.9. The molecular weight excluding hydrogens is 1020 g/mol. The van der Waals surface area contributed by atoms with E-state index in [2.05, 4.69) is 81.5 Å². The van der Waals surface area contributed by atoms with Crippen molar-refractivity contribution in [3.05, 3.63) is 60.8 Å². The summed E-state index contributed by atoms with van der Waals surface area (Å²) in [5.41, 5.74) is 0. The molecule has 0 aliphatic carbocycles. The molecule has 0 heterocycles. The van der Waals surface area contributed by atoms with Crippen molar-refractivity contribution in [2.24, 2.45) is 0 Å². The van der Waals surface area contributed by atoms with E-state index in [1.54, 1.807) is 0 Å². The highest BCUT2D eigenvalue weighted by atomic mass is 16.6. The molecular formula is C77H140O6. The summed E-state index contributed by atoms with van der Waals surface area (Å²) in [7, 11) is 0. The van der Waals surface area contributed by atoms with Crippen LogP contribution in [-0.2, 0) is 28.6 Å². The third-order valence-electron chi connectivity index (χ3n) is 16.5. The van der Waals surface area contributed by atoms with E-state index in [-0.39, 0.29) is 31.1 Å². The molecule has 6 heteroatoms. The Morgan fingerprint density at radius 2 is 0.470 bits per heavy atom. The quantitative estimate of drug-likeness (QED) is 0.0261. The lowest BCUT2D eigenvalue weighted by molar-refractivity contribution is -0.167. The molecule has 6 nitrogen and oxygen atoms in total. The van der Waals surface area contributed by atoms with Gasteiger partial charge in [0.25, 0.3) is 0 Å². The van der Waals surface area contributed by atoms with Crippen molar-refractivity contribution in [3.63, 3.8) is 0 Å². The molecule has 0 bridgehead atoms. The molecule has 0 aromatic heterocycles. The Kier molecular flexibility index (Phi) is 69.1. The van der Waals surface area contributed by atoms with E-state index in [0.717, 1.165) is 83.5 Å². The van der Waals surface area contributed by atoms with Crippen LogP contribution in [0, 0.1) is 0 Å². The number of esters is 3. The topological polar surface area (TPSA) is 78.9 Å². The van der Waals surface area contributed by atoms with Crippen molar-refractivity contribution in [1.29, 1.82) is 0 Å². The van der Waals surface area contributed by atoms with Gasteiger partial charge in [-0.1, -0.05) is 351 Å². The summed E-state index contributed by atoms with van der Waals surface area (Å²) < 4.78 is 17.0. The van der Waals surface area contributed by atoms with Crippen LogP contribution < -0.4 is 0 Å². The minimum absolute atomic E-state index is 0.0702. The van der Waals surface area contributed by atoms with Gasteiger partial charge in [-0.2, -0.15) is 0 Å². The summed E-state index contributed by atoms with van der Waals surface area (Å²) in [6.07, 6.45) is 92.5. The second kappa shape index (κ2) is 71.6. The zero-order valence-electron chi connectivity index (χ0n) is 55.7. The Morgan fingerprint density at radius 3 is 0.747 bits per heavy atom. The molecule has 0 saturated heterocycles. The van der Waals surface area contributed by atoms with Crippen molar-refractivity contribution in [1.82, 2.24) is 0 Å². The van der Waals surface area contributed by atoms with Crippen molar-refractivity contribution in [2.45, 2.75) is 399 Å². The van der Waals surface area contributed by atoms with E-state index >= 15 is 0 Å². The Morgan fingerprint density at radius 1 is 0.253 bits per heavy atom. The molecule has 0 aliphatic rings. The Labute approximate surface area is 517 Å². The van der Waals surface area contributed by atoms with Gasteiger partial charge in [-0.15, -0.1) is 0 Å². The molecule has 0 aromatic rings. The van der Waals surface area contributed by atoms with Crippen LogP contribution in [-0.4, -0.2) is 37.2 Å². The third-order valence-corrected chi connectivity index (χ3v) is 16.5. The molecule has 1 unspecified atom stereocenters. The third kappa shape index (κ3) is 69.8. The second-order valence-corrected chi connectivity index (χ2v) is 24.8. The SMILES string of the molecule is CC/C=C\C/C=C\C/C=C\C/C=C\CCCCCCCCCCCCCCC(=O)OCC(COC(=O)CCCCCCCCCCCCCCCCCCCCC)OC(=O)CCCCCCCCCCC/C=C\CCCCCCCCCC. The fourth-order valence-electron chi connectivity index (χ4n) is 11.0. The van der Waals surface area contributed by atoms with Crippen molar-refractivity contribution < 1.29 is 28.6 Å². The van der Waals surface area contributed by atoms with Crippen LogP contribution in [0.25, 0.3) is 0 Å². The summed E-state index contributed by atoms with van der Waals surface area (Å²) in [6, 6.07) is 0. The van der Waals surface area contributed by atoms with E-state index < -0.39 is 6.10 Å². The van der Waals surface area contributed by atoms with Crippen LogP contribution in [0.1, 0.15) is 393 Å². The first-order valence-corrected chi connectivity index (χ1v) is 36.8. The lowest BCUT2D eigenvalue weighted by atomic mass is 10.0. The van der Waals surface area contributed by atoms with Gasteiger partial charge in [0.1, 0.15) is 13.2 Å². The second-order valence-electron chi connectivity index (χ2n) is 24.8. The fourth-order valence-corrected chi connectivity index (χ4v) is 11.0. The van der Waals surface area contributed by atoms with E-state index in [4.69, 9.17) is 14.2 Å². The number of allylic oxidation sites excluding steroid dienone is 10. The Balaban J connectivity index is 4.32. The number of hydrogen-bond donors (Lipinski definition) is 0. The largest absolute Gasteiger partial charge is 0.462 e. The first kappa shape index (κ1) is 80.1. The molecule has 0 aromatic carbocycles. The van der Waals surface area contributed by atoms with Crippen molar-refractivity contribution in [2.75, 3.05) is 13.2 Å². The van der Waals surface area contributed by atoms with Gasteiger partial charge >= 0.3 is 17.9 Å². The van der Waals surface area contributed by atoms with Gasteiger partial charge in [0.15, 0.2) is 6.10 Å². The molecule has 0 spiro atoms. The lowest BCUT2D eigenvalue weighted by Crippen LogP contribution is -2.30. The highest BCUT2D eigenvalue weighted by molar-refractivity contribution is 5.71. The monoisotopic (exact) mass is 1160 g/mol. The molecule has 1 atom stereocenters. The van der Waals surface area contributed by atoms with E-state index in [9.17, 15) is 14.4 Å².